The predicted molar refractivity (Wildman–Crippen MR) is 56.4 cm³/mol. The van der Waals surface area contributed by atoms with Crippen LogP contribution >= 0.6 is 11.3 Å². The van der Waals surface area contributed by atoms with Gasteiger partial charge in [0.05, 0.1) is 17.7 Å². The van der Waals surface area contributed by atoms with Gasteiger partial charge in [0, 0.05) is 17.3 Å². The third-order valence-corrected chi connectivity index (χ3v) is 2.59. The number of hydrogen-bond acceptors (Lipinski definition) is 5. The molecule has 0 atom stereocenters. The van der Waals surface area contributed by atoms with E-state index in [9.17, 15) is 4.79 Å². The molecule has 0 aliphatic heterocycles. The molecule has 0 saturated carbocycles. The van der Waals surface area contributed by atoms with Crippen LogP contribution in [-0.2, 0) is 6.54 Å². The molecule has 7 heteroatoms. The standard InChI is InChI=1S/C8H9N5OS/c9-6-3-13(12-7(6)8(10)14)2-5-1-11-4-15-5/h1,3-4H,2,9H2,(H2,10,14). The molecule has 1 amide bonds. The van der Waals surface area contributed by atoms with Gasteiger partial charge in [-0.2, -0.15) is 5.10 Å². The zero-order valence-corrected chi connectivity index (χ0v) is 8.57. The van der Waals surface area contributed by atoms with Crippen LogP contribution in [0.5, 0.6) is 0 Å². The number of rotatable bonds is 3. The highest BCUT2D eigenvalue weighted by molar-refractivity contribution is 7.09. The number of primary amides is 1. The van der Waals surface area contributed by atoms with Crippen LogP contribution in [0.2, 0.25) is 0 Å². The monoisotopic (exact) mass is 223 g/mol. The Morgan fingerprint density at radius 2 is 2.40 bits per heavy atom. The van der Waals surface area contributed by atoms with E-state index in [1.54, 1.807) is 22.6 Å². The molecular formula is C8H9N5OS. The van der Waals surface area contributed by atoms with Gasteiger partial charge in [0.25, 0.3) is 5.91 Å². The maximum Gasteiger partial charge on any atom is 0.271 e. The Balaban J connectivity index is 2.23. The van der Waals surface area contributed by atoms with E-state index in [2.05, 4.69) is 10.1 Å². The minimum atomic E-state index is -0.615. The lowest BCUT2D eigenvalue weighted by Crippen LogP contribution is -2.14. The molecule has 2 rings (SSSR count). The molecule has 78 valence electrons. The molecule has 15 heavy (non-hydrogen) atoms. The highest BCUT2D eigenvalue weighted by atomic mass is 32.1. The minimum Gasteiger partial charge on any atom is -0.396 e. The summed E-state index contributed by atoms with van der Waals surface area (Å²) in [6, 6.07) is 0. The van der Waals surface area contributed by atoms with Crippen LogP contribution in [0.15, 0.2) is 17.9 Å². The summed E-state index contributed by atoms with van der Waals surface area (Å²) in [4.78, 5) is 15.9. The molecule has 2 aromatic rings. The van der Waals surface area contributed by atoms with Crippen LogP contribution in [-0.4, -0.2) is 20.7 Å². The van der Waals surface area contributed by atoms with Gasteiger partial charge in [0.2, 0.25) is 0 Å². The summed E-state index contributed by atoms with van der Waals surface area (Å²) in [7, 11) is 0. The van der Waals surface area contributed by atoms with Crippen molar-refractivity contribution in [3.63, 3.8) is 0 Å². The summed E-state index contributed by atoms with van der Waals surface area (Å²) in [5, 5.41) is 3.98. The van der Waals surface area contributed by atoms with E-state index in [0.29, 0.717) is 12.2 Å². The zero-order chi connectivity index (χ0) is 10.8. The zero-order valence-electron chi connectivity index (χ0n) is 7.75. The first-order chi connectivity index (χ1) is 7.16. The number of carbonyl (C=O) groups is 1. The number of hydrogen-bond donors (Lipinski definition) is 2. The molecule has 2 aromatic heterocycles. The van der Waals surface area contributed by atoms with Gasteiger partial charge in [-0.15, -0.1) is 11.3 Å². The molecule has 0 saturated heterocycles. The third kappa shape index (κ3) is 1.96. The van der Waals surface area contributed by atoms with E-state index in [1.807, 2.05) is 0 Å². The molecule has 0 aromatic carbocycles. The van der Waals surface area contributed by atoms with Crippen molar-refractivity contribution < 1.29 is 4.79 Å². The van der Waals surface area contributed by atoms with E-state index in [-0.39, 0.29) is 5.69 Å². The molecule has 6 nitrogen and oxygen atoms in total. The maximum atomic E-state index is 10.9. The van der Waals surface area contributed by atoms with Crippen molar-refractivity contribution in [1.82, 2.24) is 14.8 Å². The van der Waals surface area contributed by atoms with E-state index in [4.69, 9.17) is 11.5 Å². The van der Waals surface area contributed by atoms with Crippen LogP contribution in [0, 0.1) is 0 Å². The molecule has 0 aliphatic rings. The predicted octanol–water partition coefficient (Wildman–Crippen LogP) is 0.0690. The normalized spacial score (nSPS) is 10.4. The molecule has 0 spiro atoms. The fraction of sp³-hybridized carbons (Fsp3) is 0.125. The second-order valence-electron chi connectivity index (χ2n) is 2.96. The first-order valence-corrected chi connectivity index (χ1v) is 5.05. The summed E-state index contributed by atoms with van der Waals surface area (Å²) in [5.74, 6) is -0.615. The van der Waals surface area contributed by atoms with E-state index < -0.39 is 5.91 Å². The molecule has 0 unspecified atom stereocenters. The molecule has 0 aliphatic carbocycles. The fourth-order valence-corrected chi connectivity index (χ4v) is 1.77. The smallest absolute Gasteiger partial charge is 0.271 e. The number of nitrogens with zero attached hydrogens (tertiary/aromatic N) is 3. The van der Waals surface area contributed by atoms with Crippen LogP contribution in [0.4, 0.5) is 5.69 Å². The van der Waals surface area contributed by atoms with Gasteiger partial charge in [-0.1, -0.05) is 0 Å². The lowest BCUT2D eigenvalue weighted by atomic mass is 10.4. The maximum absolute atomic E-state index is 10.9. The second-order valence-corrected chi connectivity index (χ2v) is 3.93. The third-order valence-electron chi connectivity index (χ3n) is 1.82. The highest BCUT2D eigenvalue weighted by Crippen LogP contribution is 2.12. The summed E-state index contributed by atoms with van der Waals surface area (Å²) < 4.78 is 1.57. The first-order valence-electron chi connectivity index (χ1n) is 4.17. The van der Waals surface area contributed by atoms with Gasteiger partial charge in [-0.3, -0.25) is 14.5 Å². The van der Waals surface area contributed by atoms with E-state index in [1.165, 1.54) is 11.3 Å². The second kappa shape index (κ2) is 3.70. The lowest BCUT2D eigenvalue weighted by molar-refractivity contribution is 0.0995. The number of nitrogen functional groups attached to an aromatic ring is 1. The van der Waals surface area contributed by atoms with Gasteiger partial charge < -0.3 is 11.5 Å². The van der Waals surface area contributed by atoms with Crippen molar-refractivity contribution in [2.45, 2.75) is 6.54 Å². The van der Waals surface area contributed by atoms with Gasteiger partial charge in [-0.05, 0) is 0 Å². The van der Waals surface area contributed by atoms with Crippen LogP contribution in [0.1, 0.15) is 15.4 Å². The van der Waals surface area contributed by atoms with Crippen LogP contribution in [0.25, 0.3) is 0 Å². The van der Waals surface area contributed by atoms with Crippen molar-refractivity contribution in [2.24, 2.45) is 5.73 Å². The average Bonchev–Trinajstić information content (AvgIpc) is 2.75. The summed E-state index contributed by atoms with van der Waals surface area (Å²) in [6.07, 6.45) is 3.33. The Labute approximate surface area is 89.5 Å². The molecular weight excluding hydrogens is 214 g/mol. The Morgan fingerprint density at radius 1 is 1.60 bits per heavy atom. The summed E-state index contributed by atoms with van der Waals surface area (Å²) in [5.41, 5.74) is 12.8. The number of anilines is 1. The minimum absolute atomic E-state index is 0.111. The lowest BCUT2D eigenvalue weighted by Gasteiger charge is -1.95. The Bertz CT molecular complexity index is 475. The highest BCUT2D eigenvalue weighted by Gasteiger charge is 2.11. The van der Waals surface area contributed by atoms with Gasteiger partial charge in [0.1, 0.15) is 0 Å². The van der Waals surface area contributed by atoms with Crippen LogP contribution in [0.3, 0.4) is 0 Å². The molecule has 0 fully saturated rings. The van der Waals surface area contributed by atoms with Crippen LogP contribution < -0.4 is 11.5 Å². The topological polar surface area (TPSA) is 99.8 Å². The number of carbonyl (C=O) groups excluding carboxylic acids is 1. The summed E-state index contributed by atoms with van der Waals surface area (Å²) in [6.45, 7) is 0.544. The fourth-order valence-electron chi connectivity index (χ4n) is 1.19. The Morgan fingerprint density at radius 3 is 2.93 bits per heavy atom. The first kappa shape index (κ1) is 9.66. The Hall–Kier alpha value is -1.89. The molecule has 2 heterocycles. The average molecular weight is 223 g/mol. The van der Waals surface area contributed by atoms with Crippen molar-refractivity contribution in [2.75, 3.05) is 5.73 Å². The number of thiazole rings is 1. The Kier molecular flexibility index (Phi) is 2.38. The molecule has 0 radical (unpaired) electrons. The molecule has 0 bridgehead atoms. The van der Waals surface area contributed by atoms with Gasteiger partial charge >= 0.3 is 0 Å². The van der Waals surface area contributed by atoms with E-state index in [0.717, 1.165) is 4.88 Å². The largest absolute Gasteiger partial charge is 0.396 e. The number of amides is 1. The SMILES string of the molecule is NC(=O)c1nn(Cc2cncs2)cc1N. The summed E-state index contributed by atoms with van der Waals surface area (Å²) >= 11 is 1.51. The van der Waals surface area contributed by atoms with Gasteiger partial charge in [-0.25, -0.2) is 0 Å². The quantitative estimate of drug-likeness (QED) is 0.768. The van der Waals surface area contributed by atoms with E-state index >= 15 is 0 Å². The number of aromatic nitrogens is 3. The molecule has 4 N–H and O–H groups in total. The van der Waals surface area contributed by atoms with Crippen molar-refractivity contribution in [3.05, 3.63) is 28.5 Å². The number of nitrogens with two attached hydrogens (primary N) is 2. The van der Waals surface area contributed by atoms with Crippen molar-refractivity contribution in [1.29, 1.82) is 0 Å². The van der Waals surface area contributed by atoms with Crippen molar-refractivity contribution >= 4 is 22.9 Å². The van der Waals surface area contributed by atoms with Gasteiger partial charge in [0.15, 0.2) is 5.69 Å². The van der Waals surface area contributed by atoms with Crippen molar-refractivity contribution in [3.8, 4) is 0 Å².